The second kappa shape index (κ2) is 13.7. The Hall–Kier alpha value is -8.20. The molecule has 0 atom stereocenters. The monoisotopic (exact) mass is 784 g/mol. The summed E-state index contributed by atoms with van der Waals surface area (Å²) in [4.78, 5) is 10.5. The van der Waals surface area contributed by atoms with Crippen LogP contribution in [0.2, 0.25) is 0 Å². The van der Waals surface area contributed by atoms with Crippen molar-refractivity contribution >= 4 is 75.4 Å². The molecule has 2 nitrogen and oxygen atoms in total. The van der Waals surface area contributed by atoms with E-state index in [-0.39, 0.29) is 0 Å². The zero-order chi connectivity index (χ0) is 40.7. The van der Waals surface area contributed by atoms with Gasteiger partial charge in [-0.25, -0.2) is 9.97 Å². The van der Waals surface area contributed by atoms with Crippen molar-refractivity contribution in [2.75, 3.05) is 0 Å². The molecule has 0 saturated carbocycles. The summed E-state index contributed by atoms with van der Waals surface area (Å²) in [7, 11) is 0. The third-order valence-electron chi connectivity index (χ3n) is 13.0. The van der Waals surface area contributed by atoms with Gasteiger partial charge in [-0.1, -0.05) is 194 Å². The minimum absolute atomic E-state index is 0.703. The average Bonchev–Trinajstić information content (AvgIpc) is 3.35. The molecular formula is C60H36N2. The molecule has 0 aliphatic heterocycles. The minimum atomic E-state index is 0.703. The molecule has 1 aromatic heterocycles. The summed E-state index contributed by atoms with van der Waals surface area (Å²) < 4.78 is 0. The van der Waals surface area contributed by atoms with E-state index in [1.54, 1.807) is 0 Å². The predicted octanol–water partition coefficient (Wildman–Crippen LogP) is 16.3. The lowest BCUT2D eigenvalue weighted by Gasteiger charge is -2.18. The summed E-state index contributed by atoms with van der Waals surface area (Å²) in [5.74, 6) is 0.703. The van der Waals surface area contributed by atoms with Crippen molar-refractivity contribution in [3.8, 4) is 56.2 Å². The van der Waals surface area contributed by atoms with Gasteiger partial charge in [0.2, 0.25) is 0 Å². The number of benzene rings is 11. The number of rotatable bonds is 5. The number of nitrogens with zero attached hydrogens (tertiary/aromatic N) is 2. The van der Waals surface area contributed by atoms with Crippen molar-refractivity contribution in [3.63, 3.8) is 0 Å². The van der Waals surface area contributed by atoms with Gasteiger partial charge in [0.05, 0.1) is 11.4 Å². The molecule has 0 fully saturated rings. The second-order valence-electron chi connectivity index (χ2n) is 16.4. The van der Waals surface area contributed by atoms with Gasteiger partial charge in [0.15, 0.2) is 5.82 Å². The highest BCUT2D eigenvalue weighted by molar-refractivity contribution is 6.37. The summed E-state index contributed by atoms with van der Waals surface area (Å²) in [6.45, 7) is 0. The second-order valence-corrected chi connectivity index (χ2v) is 16.4. The van der Waals surface area contributed by atoms with Crippen molar-refractivity contribution in [2.45, 2.75) is 0 Å². The Morgan fingerprint density at radius 3 is 1.35 bits per heavy atom. The van der Waals surface area contributed by atoms with Crippen LogP contribution in [0.25, 0.3) is 132 Å². The molecule has 0 N–H and O–H groups in total. The zero-order valence-corrected chi connectivity index (χ0v) is 33.7. The van der Waals surface area contributed by atoms with Gasteiger partial charge in [0.1, 0.15) is 0 Å². The first-order valence-corrected chi connectivity index (χ1v) is 21.3. The lowest BCUT2D eigenvalue weighted by molar-refractivity contribution is 1.18. The maximum Gasteiger partial charge on any atom is 0.160 e. The molecule has 0 amide bonds. The molecule has 13 rings (SSSR count). The van der Waals surface area contributed by atoms with Gasteiger partial charge in [-0.05, 0) is 122 Å². The van der Waals surface area contributed by atoms with Crippen molar-refractivity contribution in [1.82, 2.24) is 9.97 Å². The van der Waals surface area contributed by atoms with Crippen molar-refractivity contribution in [2.24, 2.45) is 0 Å². The smallest absolute Gasteiger partial charge is 0.160 e. The first-order valence-electron chi connectivity index (χ1n) is 21.3. The third kappa shape index (κ3) is 5.37. The van der Waals surface area contributed by atoms with Crippen LogP contribution in [0.4, 0.5) is 0 Å². The fraction of sp³-hybridized carbons (Fsp3) is 0. The standard InChI is InChI=1S/C60H36N2/c1-3-13-37(14-4-1)42-20-9-21-43(33-42)54-36-55(62-60(61-54)41-15-5-2-6-16-41)49-32-31-46(47-22-7-8-23-48(47)49)45-34-44-30-29-40-18-11-25-51-50-24-10-17-38-27-28-39-19-12-26-52(58(39)56(38)50)53(35-45)59(44)57(40)51/h1-36H. The van der Waals surface area contributed by atoms with E-state index in [0.29, 0.717) is 5.82 Å². The van der Waals surface area contributed by atoms with Crippen LogP contribution in [0.15, 0.2) is 218 Å². The van der Waals surface area contributed by atoms with E-state index in [0.717, 1.165) is 39.0 Å². The average molecular weight is 785 g/mol. The molecule has 0 aliphatic carbocycles. The van der Waals surface area contributed by atoms with Crippen LogP contribution in [0.1, 0.15) is 0 Å². The van der Waals surface area contributed by atoms with Gasteiger partial charge in [-0.2, -0.15) is 0 Å². The Morgan fingerprint density at radius 1 is 0.226 bits per heavy atom. The molecule has 2 heteroatoms. The zero-order valence-electron chi connectivity index (χ0n) is 33.7. The van der Waals surface area contributed by atoms with E-state index in [1.807, 2.05) is 6.07 Å². The number of hydrogen-bond donors (Lipinski definition) is 0. The number of aromatic nitrogens is 2. The van der Waals surface area contributed by atoms with Crippen LogP contribution < -0.4 is 0 Å². The molecule has 0 saturated heterocycles. The Labute approximate surface area is 358 Å². The van der Waals surface area contributed by atoms with E-state index in [9.17, 15) is 0 Å². The molecule has 13 aromatic rings. The van der Waals surface area contributed by atoms with Crippen molar-refractivity contribution in [3.05, 3.63) is 218 Å². The summed E-state index contributed by atoms with van der Waals surface area (Å²) in [6.07, 6.45) is 0. The predicted molar refractivity (Wildman–Crippen MR) is 263 cm³/mol. The molecule has 0 unspecified atom stereocenters. The quantitative estimate of drug-likeness (QED) is 0.162. The van der Waals surface area contributed by atoms with Crippen LogP contribution in [-0.2, 0) is 0 Å². The molecule has 0 bridgehead atoms. The summed E-state index contributed by atoms with van der Waals surface area (Å²) in [5.41, 5.74) is 9.59. The largest absolute Gasteiger partial charge is 0.228 e. The molecule has 0 aliphatic rings. The van der Waals surface area contributed by atoms with Crippen molar-refractivity contribution < 1.29 is 0 Å². The molecule has 0 spiro atoms. The Morgan fingerprint density at radius 2 is 0.694 bits per heavy atom. The van der Waals surface area contributed by atoms with Crippen LogP contribution in [0.3, 0.4) is 0 Å². The summed E-state index contributed by atoms with van der Waals surface area (Å²) in [6, 6.07) is 79.5. The normalized spacial score (nSPS) is 11.9. The summed E-state index contributed by atoms with van der Waals surface area (Å²) in [5, 5.41) is 17.7. The van der Waals surface area contributed by atoms with E-state index in [2.05, 4.69) is 212 Å². The maximum absolute atomic E-state index is 5.30. The van der Waals surface area contributed by atoms with Crippen LogP contribution in [0.5, 0.6) is 0 Å². The van der Waals surface area contributed by atoms with E-state index in [1.165, 1.54) is 86.7 Å². The highest BCUT2D eigenvalue weighted by Gasteiger charge is 2.19. The van der Waals surface area contributed by atoms with Crippen molar-refractivity contribution in [1.29, 1.82) is 0 Å². The molecule has 62 heavy (non-hydrogen) atoms. The Bertz CT molecular complexity index is 3900. The van der Waals surface area contributed by atoms with Gasteiger partial charge >= 0.3 is 0 Å². The lowest BCUT2D eigenvalue weighted by atomic mass is 9.86. The lowest BCUT2D eigenvalue weighted by Crippen LogP contribution is -1.97. The Balaban J connectivity index is 1.06. The number of fused-ring (bicyclic) bond motifs is 3. The van der Waals surface area contributed by atoms with E-state index < -0.39 is 0 Å². The molecule has 1 heterocycles. The number of hydrogen-bond acceptors (Lipinski definition) is 2. The molecule has 0 radical (unpaired) electrons. The van der Waals surface area contributed by atoms with Gasteiger partial charge < -0.3 is 0 Å². The van der Waals surface area contributed by atoms with Crippen LogP contribution in [-0.4, -0.2) is 9.97 Å². The Kier molecular flexibility index (Phi) is 7.64. The fourth-order valence-corrected chi connectivity index (χ4v) is 10.2. The third-order valence-corrected chi connectivity index (χ3v) is 13.0. The van der Waals surface area contributed by atoms with Crippen LogP contribution in [0, 0.1) is 0 Å². The van der Waals surface area contributed by atoms with Gasteiger partial charge in [0, 0.05) is 16.7 Å². The van der Waals surface area contributed by atoms with E-state index >= 15 is 0 Å². The van der Waals surface area contributed by atoms with Gasteiger partial charge in [-0.15, -0.1) is 0 Å². The first-order chi connectivity index (χ1) is 30.7. The maximum atomic E-state index is 5.30. The van der Waals surface area contributed by atoms with E-state index in [4.69, 9.17) is 9.97 Å². The summed E-state index contributed by atoms with van der Waals surface area (Å²) >= 11 is 0. The first kappa shape index (κ1) is 34.6. The SMILES string of the molecule is c1ccc(-c2cccc(-c3cc(-c4ccc(-c5cc6ccc7cccc8c9cccc%10ccc%11cccc(c(c5)c6c78)c%11c%109)c5ccccc45)nc(-c4ccccc4)n3)c2)cc1. The minimum Gasteiger partial charge on any atom is -0.228 e. The molecule has 286 valence electrons. The highest BCUT2D eigenvalue weighted by atomic mass is 14.9. The van der Waals surface area contributed by atoms with Crippen LogP contribution >= 0.6 is 0 Å². The molecular weight excluding hydrogens is 749 g/mol. The molecule has 12 aromatic carbocycles. The topological polar surface area (TPSA) is 25.8 Å². The van der Waals surface area contributed by atoms with Gasteiger partial charge in [0.25, 0.3) is 0 Å². The van der Waals surface area contributed by atoms with Gasteiger partial charge in [-0.3, -0.25) is 0 Å². The highest BCUT2D eigenvalue weighted by Crippen LogP contribution is 2.46. The fourth-order valence-electron chi connectivity index (χ4n) is 10.2.